The zero-order valence-electron chi connectivity index (χ0n) is 8.95. The van der Waals surface area contributed by atoms with Gasteiger partial charge in [-0.15, -0.1) is 11.3 Å². The lowest BCUT2D eigenvalue weighted by atomic mass is 10.3. The fourth-order valence-electron chi connectivity index (χ4n) is 1.69. The molecule has 0 aliphatic heterocycles. The summed E-state index contributed by atoms with van der Waals surface area (Å²) in [6.07, 6.45) is 4.03. The van der Waals surface area contributed by atoms with E-state index in [1.54, 1.807) is 0 Å². The van der Waals surface area contributed by atoms with Gasteiger partial charge in [0.25, 0.3) is 0 Å². The van der Waals surface area contributed by atoms with Crippen molar-refractivity contribution in [2.24, 2.45) is 0 Å². The first kappa shape index (κ1) is 11.3. The van der Waals surface area contributed by atoms with Crippen LogP contribution in [-0.4, -0.2) is 9.38 Å². The molecule has 3 rings (SSSR count). The van der Waals surface area contributed by atoms with Crippen molar-refractivity contribution in [3.63, 3.8) is 0 Å². The summed E-state index contributed by atoms with van der Waals surface area (Å²) in [7, 11) is 0. The Balaban J connectivity index is 2.19. The number of aryl methyl sites for hydroxylation is 1. The van der Waals surface area contributed by atoms with Gasteiger partial charge in [-0.2, -0.15) is 0 Å². The van der Waals surface area contributed by atoms with Crippen LogP contribution in [0.25, 0.3) is 16.9 Å². The minimum Gasteiger partial charge on any atom is -0.305 e. The van der Waals surface area contributed by atoms with Crippen LogP contribution in [0.1, 0.15) is 5.56 Å². The first-order chi connectivity index (χ1) is 8.13. The van der Waals surface area contributed by atoms with Crippen molar-refractivity contribution < 1.29 is 0 Å². The number of pyridine rings is 1. The molecule has 86 valence electrons. The van der Waals surface area contributed by atoms with Gasteiger partial charge >= 0.3 is 0 Å². The van der Waals surface area contributed by atoms with Crippen molar-refractivity contribution in [3.8, 4) is 11.3 Å². The largest absolute Gasteiger partial charge is 0.305 e. The quantitative estimate of drug-likeness (QED) is 0.628. The van der Waals surface area contributed by atoms with E-state index in [9.17, 15) is 0 Å². The number of rotatable bonds is 1. The Bertz CT molecular complexity index is 663. The lowest BCUT2D eigenvalue weighted by molar-refractivity contribution is 1.16. The summed E-state index contributed by atoms with van der Waals surface area (Å²) in [6, 6.07) is 4.00. The zero-order chi connectivity index (χ0) is 12.0. The van der Waals surface area contributed by atoms with Crippen LogP contribution in [-0.2, 0) is 0 Å². The van der Waals surface area contributed by atoms with Crippen LogP contribution in [0.3, 0.4) is 0 Å². The van der Waals surface area contributed by atoms with Crippen molar-refractivity contribution in [2.75, 3.05) is 0 Å². The molecule has 5 heteroatoms. The van der Waals surface area contributed by atoms with Crippen molar-refractivity contribution in [3.05, 3.63) is 44.3 Å². The molecule has 17 heavy (non-hydrogen) atoms. The predicted octanol–water partition coefficient (Wildman–Crippen LogP) is 4.79. The summed E-state index contributed by atoms with van der Waals surface area (Å²) in [6.45, 7) is 2.06. The van der Waals surface area contributed by atoms with Gasteiger partial charge in [0.1, 0.15) is 5.65 Å². The average molecular weight is 328 g/mol. The summed E-state index contributed by atoms with van der Waals surface area (Å²) in [5.74, 6) is 0. The van der Waals surface area contributed by atoms with Gasteiger partial charge in [0.05, 0.1) is 10.0 Å². The third-order valence-corrected chi connectivity index (χ3v) is 4.52. The molecule has 3 heterocycles. The Hall–Kier alpha value is -0.840. The SMILES string of the molecule is Cc1cc2nc(-c3csc(Cl)c3)cn2cc1Br. The normalized spacial score (nSPS) is 11.2. The van der Waals surface area contributed by atoms with E-state index in [4.69, 9.17) is 11.6 Å². The van der Waals surface area contributed by atoms with E-state index in [2.05, 4.69) is 33.9 Å². The fraction of sp³-hybridized carbons (Fsp3) is 0.0833. The standard InChI is InChI=1S/C12H8BrClN2S/c1-7-2-12-15-10(5-16(12)4-9(7)13)8-3-11(14)17-6-8/h2-6H,1H3. The summed E-state index contributed by atoms with van der Waals surface area (Å²) in [5, 5.41) is 2.02. The van der Waals surface area contributed by atoms with E-state index in [0.29, 0.717) is 0 Å². The molecule has 0 N–H and O–H groups in total. The molecule has 0 aliphatic carbocycles. The van der Waals surface area contributed by atoms with Gasteiger partial charge in [-0.05, 0) is 40.5 Å². The van der Waals surface area contributed by atoms with Gasteiger partial charge in [-0.25, -0.2) is 4.98 Å². The highest BCUT2D eigenvalue weighted by molar-refractivity contribution is 9.10. The molecule has 0 spiro atoms. The Morgan fingerprint density at radius 2 is 2.18 bits per heavy atom. The topological polar surface area (TPSA) is 17.3 Å². The highest BCUT2D eigenvalue weighted by atomic mass is 79.9. The molecular weight excluding hydrogens is 320 g/mol. The number of halogens is 2. The second-order valence-corrected chi connectivity index (χ2v) is 6.23. The molecule has 0 saturated carbocycles. The highest BCUT2D eigenvalue weighted by Crippen LogP contribution is 2.29. The van der Waals surface area contributed by atoms with Crippen molar-refractivity contribution >= 4 is 44.5 Å². The third kappa shape index (κ3) is 2.01. The molecule has 0 fully saturated rings. The molecule has 0 radical (unpaired) electrons. The maximum absolute atomic E-state index is 5.94. The Morgan fingerprint density at radius 3 is 2.88 bits per heavy atom. The van der Waals surface area contributed by atoms with Crippen LogP contribution in [0.15, 0.2) is 34.4 Å². The number of thiophene rings is 1. The van der Waals surface area contributed by atoms with E-state index < -0.39 is 0 Å². The minimum atomic E-state index is 0.786. The van der Waals surface area contributed by atoms with Crippen LogP contribution in [0.4, 0.5) is 0 Å². The van der Waals surface area contributed by atoms with E-state index >= 15 is 0 Å². The summed E-state index contributed by atoms with van der Waals surface area (Å²) < 4.78 is 3.88. The van der Waals surface area contributed by atoms with Crippen LogP contribution in [0.2, 0.25) is 4.34 Å². The molecule has 3 aromatic rings. The smallest absolute Gasteiger partial charge is 0.137 e. The molecular formula is C12H8BrClN2S. The number of fused-ring (bicyclic) bond motifs is 1. The van der Waals surface area contributed by atoms with Gasteiger partial charge in [-0.1, -0.05) is 11.6 Å². The van der Waals surface area contributed by atoms with Crippen LogP contribution in [0.5, 0.6) is 0 Å². The van der Waals surface area contributed by atoms with Crippen LogP contribution in [0, 0.1) is 6.92 Å². The number of nitrogens with zero attached hydrogens (tertiary/aromatic N) is 2. The second kappa shape index (κ2) is 4.12. The average Bonchev–Trinajstić information content (AvgIpc) is 2.85. The second-order valence-electron chi connectivity index (χ2n) is 3.84. The van der Waals surface area contributed by atoms with Crippen molar-refractivity contribution in [1.82, 2.24) is 9.38 Å². The lowest BCUT2D eigenvalue weighted by Crippen LogP contribution is -1.85. The zero-order valence-corrected chi connectivity index (χ0v) is 12.1. The van der Waals surface area contributed by atoms with E-state index in [1.807, 2.05) is 28.2 Å². The monoisotopic (exact) mass is 326 g/mol. The van der Waals surface area contributed by atoms with E-state index in [1.165, 1.54) is 16.9 Å². The molecule has 3 aromatic heterocycles. The Kier molecular flexibility index (Phi) is 2.73. The highest BCUT2D eigenvalue weighted by Gasteiger charge is 2.07. The van der Waals surface area contributed by atoms with Gasteiger partial charge in [0, 0.05) is 27.8 Å². The van der Waals surface area contributed by atoms with Gasteiger partial charge < -0.3 is 4.40 Å². The van der Waals surface area contributed by atoms with Gasteiger partial charge in [0.15, 0.2) is 0 Å². The van der Waals surface area contributed by atoms with E-state index in [0.717, 1.165) is 25.7 Å². The lowest BCUT2D eigenvalue weighted by Gasteiger charge is -1.98. The maximum atomic E-state index is 5.94. The number of hydrogen-bond acceptors (Lipinski definition) is 2. The molecule has 0 amide bonds. The molecule has 0 aromatic carbocycles. The summed E-state index contributed by atoms with van der Waals surface area (Å²) in [5.41, 5.74) is 4.14. The fourth-order valence-corrected chi connectivity index (χ4v) is 2.90. The van der Waals surface area contributed by atoms with Gasteiger partial charge in [0.2, 0.25) is 0 Å². The van der Waals surface area contributed by atoms with Crippen LogP contribution >= 0.6 is 38.9 Å². The molecule has 2 nitrogen and oxygen atoms in total. The number of aromatic nitrogens is 2. The van der Waals surface area contributed by atoms with Gasteiger partial charge in [-0.3, -0.25) is 0 Å². The van der Waals surface area contributed by atoms with E-state index in [-0.39, 0.29) is 0 Å². The van der Waals surface area contributed by atoms with Crippen molar-refractivity contribution in [2.45, 2.75) is 6.92 Å². The third-order valence-electron chi connectivity index (χ3n) is 2.60. The summed E-state index contributed by atoms with van der Waals surface area (Å²) >= 11 is 11.0. The van der Waals surface area contributed by atoms with Crippen LogP contribution < -0.4 is 0 Å². The maximum Gasteiger partial charge on any atom is 0.137 e. The molecule has 0 atom stereocenters. The number of imidazole rings is 1. The number of hydrogen-bond donors (Lipinski definition) is 0. The summed E-state index contributed by atoms with van der Waals surface area (Å²) in [4.78, 5) is 4.59. The molecule has 0 bridgehead atoms. The Labute approximate surface area is 116 Å². The molecule has 0 unspecified atom stereocenters. The molecule has 0 aliphatic rings. The predicted molar refractivity (Wildman–Crippen MR) is 76.0 cm³/mol. The van der Waals surface area contributed by atoms with Crippen molar-refractivity contribution in [1.29, 1.82) is 0 Å². The first-order valence-electron chi connectivity index (χ1n) is 5.03. The first-order valence-corrected chi connectivity index (χ1v) is 7.08. The molecule has 0 saturated heterocycles. The Morgan fingerprint density at radius 1 is 1.35 bits per heavy atom. The minimum absolute atomic E-state index is 0.786.